The third-order valence-corrected chi connectivity index (χ3v) is 8.98. The van der Waals surface area contributed by atoms with Gasteiger partial charge in [-0.2, -0.15) is 5.10 Å². The first-order valence-corrected chi connectivity index (χ1v) is 16.7. The van der Waals surface area contributed by atoms with Gasteiger partial charge in [-0.3, -0.25) is 24.0 Å². The summed E-state index contributed by atoms with van der Waals surface area (Å²) in [5.41, 5.74) is 0.441. The maximum absolute atomic E-state index is 13.5. The number of para-hydroxylation sites is 1. The Morgan fingerprint density at radius 2 is 1.67 bits per heavy atom. The molecule has 3 heterocycles. The van der Waals surface area contributed by atoms with Crippen LogP contribution in [0.1, 0.15) is 55.9 Å². The molecule has 1 saturated carbocycles. The van der Waals surface area contributed by atoms with Crippen LogP contribution in [-0.4, -0.2) is 130 Å². The van der Waals surface area contributed by atoms with Crippen molar-refractivity contribution >= 4 is 35.7 Å². The summed E-state index contributed by atoms with van der Waals surface area (Å²) in [5.74, 6) is -2.85. The maximum atomic E-state index is 13.5. The van der Waals surface area contributed by atoms with Crippen LogP contribution in [0.3, 0.4) is 0 Å². The van der Waals surface area contributed by atoms with Crippen molar-refractivity contribution in [1.82, 2.24) is 35.1 Å². The van der Waals surface area contributed by atoms with Crippen molar-refractivity contribution in [3.63, 3.8) is 0 Å². The molecule has 1 aromatic heterocycles. The number of carboxylic acids is 1. The summed E-state index contributed by atoms with van der Waals surface area (Å²) in [4.78, 5) is 80.7. The molecule has 16 heteroatoms. The Hall–Kier alpha value is -5.15. The minimum Gasteiger partial charge on any atom is -0.481 e. The van der Waals surface area contributed by atoms with Crippen molar-refractivity contribution in [3.8, 4) is 11.6 Å². The molecule has 2 atom stereocenters. The highest BCUT2D eigenvalue weighted by Gasteiger charge is 2.34. The number of aromatic nitrogens is 2. The molecule has 2 saturated heterocycles. The zero-order valence-electron chi connectivity index (χ0n) is 27.5. The third-order valence-electron chi connectivity index (χ3n) is 8.98. The van der Waals surface area contributed by atoms with E-state index in [1.807, 2.05) is 0 Å². The summed E-state index contributed by atoms with van der Waals surface area (Å²) in [7, 11) is 0. The van der Waals surface area contributed by atoms with Crippen molar-refractivity contribution < 1.29 is 43.3 Å². The van der Waals surface area contributed by atoms with Crippen LogP contribution in [0.5, 0.6) is 5.88 Å². The van der Waals surface area contributed by atoms with E-state index in [-0.39, 0.29) is 87.6 Å². The van der Waals surface area contributed by atoms with Crippen molar-refractivity contribution in [2.24, 2.45) is 5.92 Å². The molecule has 0 spiro atoms. The number of nitrogens with one attached hydrogen (secondary N) is 2. The second kappa shape index (κ2) is 16.3. The molecule has 0 radical (unpaired) electrons. The number of aliphatic carboxylic acids is 1. The van der Waals surface area contributed by atoms with Crippen LogP contribution in [0.2, 0.25) is 0 Å². The van der Waals surface area contributed by atoms with E-state index in [0.717, 1.165) is 19.3 Å². The lowest BCUT2D eigenvalue weighted by Gasteiger charge is -2.35. The van der Waals surface area contributed by atoms with Gasteiger partial charge in [0.2, 0.25) is 17.7 Å². The largest absolute Gasteiger partial charge is 0.481 e. The minimum absolute atomic E-state index is 0.0298. The van der Waals surface area contributed by atoms with E-state index < -0.39 is 29.9 Å². The molecule has 3 aliphatic rings. The van der Waals surface area contributed by atoms with E-state index in [1.54, 1.807) is 42.2 Å². The molecule has 1 aromatic carbocycles. The molecular formula is C33H43N7O9. The van der Waals surface area contributed by atoms with Gasteiger partial charge < -0.3 is 39.9 Å². The van der Waals surface area contributed by atoms with Gasteiger partial charge in [-0.05, 0) is 51.2 Å². The third kappa shape index (κ3) is 9.06. The van der Waals surface area contributed by atoms with Gasteiger partial charge in [-0.25, -0.2) is 9.48 Å². The molecule has 1 aliphatic carbocycles. The van der Waals surface area contributed by atoms with Gasteiger partial charge in [0.1, 0.15) is 6.04 Å². The number of carbonyl (C=O) groups excluding carboxylic acids is 5. The summed E-state index contributed by atoms with van der Waals surface area (Å²) >= 11 is 0. The van der Waals surface area contributed by atoms with Gasteiger partial charge in [-0.1, -0.05) is 18.2 Å². The van der Waals surface area contributed by atoms with Crippen molar-refractivity contribution in [3.05, 3.63) is 42.1 Å². The van der Waals surface area contributed by atoms with Crippen LogP contribution >= 0.6 is 0 Å². The summed E-state index contributed by atoms with van der Waals surface area (Å²) < 4.78 is 12.3. The van der Waals surface area contributed by atoms with Crippen LogP contribution in [0, 0.1) is 5.92 Å². The lowest BCUT2D eigenvalue weighted by atomic mass is 9.92. The summed E-state index contributed by atoms with van der Waals surface area (Å²) in [6.45, 7) is 3.15. The lowest BCUT2D eigenvalue weighted by molar-refractivity contribution is -0.138. The first-order valence-electron chi connectivity index (χ1n) is 16.7. The Kier molecular flexibility index (Phi) is 11.7. The molecule has 3 fully saturated rings. The standard InChI is InChI=1S/C33H43N7O9/c1-2-48-33(47)38-17-15-37(16-18-38)32(46)25(11-12-29(42)43)35-31(45)26-19-28(40(36-26)24-9-4-3-5-10-24)49-21-27(41)39-14-13-22(20-39)30(44)34-23-7-6-8-23/h3-5,9-10,19,22-23,25H,2,6-8,11-18,20-21H2,1H3,(H,34,44)(H,35,45)(H,42,43)/t22?,25-/m0/s1. The second-order valence-electron chi connectivity index (χ2n) is 12.3. The number of rotatable bonds is 13. The van der Waals surface area contributed by atoms with E-state index in [9.17, 15) is 33.9 Å². The number of nitrogens with zero attached hydrogens (tertiary/aromatic N) is 5. The van der Waals surface area contributed by atoms with Gasteiger partial charge in [0.15, 0.2) is 12.3 Å². The quantitative estimate of drug-likeness (QED) is 0.275. The summed E-state index contributed by atoms with van der Waals surface area (Å²) in [5, 5.41) is 19.4. The summed E-state index contributed by atoms with van der Waals surface area (Å²) in [6.07, 6.45) is 2.65. The van der Waals surface area contributed by atoms with Gasteiger partial charge in [-0.15, -0.1) is 0 Å². The minimum atomic E-state index is -1.17. The summed E-state index contributed by atoms with van der Waals surface area (Å²) in [6, 6.07) is 9.24. The number of amides is 5. The topological polar surface area (TPSA) is 193 Å². The highest BCUT2D eigenvalue weighted by Crippen LogP contribution is 2.23. The van der Waals surface area contributed by atoms with Crippen LogP contribution in [0.4, 0.5) is 4.79 Å². The fraction of sp³-hybridized carbons (Fsp3) is 0.545. The van der Waals surface area contributed by atoms with Gasteiger partial charge in [0, 0.05) is 57.8 Å². The Morgan fingerprint density at radius 1 is 0.959 bits per heavy atom. The predicted octanol–water partition coefficient (Wildman–Crippen LogP) is 1.03. The fourth-order valence-electron chi connectivity index (χ4n) is 5.93. The molecule has 2 aromatic rings. The molecule has 49 heavy (non-hydrogen) atoms. The van der Waals surface area contributed by atoms with Crippen LogP contribution in [0.25, 0.3) is 5.69 Å². The fourth-order valence-corrected chi connectivity index (χ4v) is 5.93. The van der Waals surface area contributed by atoms with E-state index in [0.29, 0.717) is 25.2 Å². The first-order chi connectivity index (χ1) is 23.6. The van der Waals surface area contributed by atoms with Gasteiger partial charge in [0.05, 0.1) is 18.2 Å². The van der Waals surface area contributed by atoms with Crippen LogP contribution < -0.4 is 15.4 Å². The molecule has 1 unspecified atom stereocenters. The maximum Gasteiger partial charge on any atom is 0.409 e. The van der Waals surface area contributed by atoms with Gasteiger partial charge >= 0.3 is 12.1 Å². The number of ether oxygens (including phenoxy) is 2. The first kappa shape index (κ1) is 35.2. The molecule has 16 nitrogen and oxygen atoms in total. The van der Waals surface area contributed by atoms with Crippen LogP contribution in [-0.2, 0) is 23.9 Å². The SMILES string of the molecule is CCOC(=O)N1CCN(C(=O)[C@H](CCC(=O)O)NC(=O)c2cc(OCC(=O)N3CCC(C(=O)NC4CCC4)C3)n(-c3ccccc3)n2)CC1. The highest BCUT2D eigenvalue weighted by atomic mass is 16.6. The number of piperazine rings is 1. The van der Waals surface area contributed by atoms with Crippen molar-refractivity contribution in [1.29, 1.82) is 0 Å². The Morgan fingerprint density at radius 3 is 2.33 bits per heavy atom. The molecule has 0 bridgehead atoms. The number of hydrogen-bond acceptors (Lipinski definition) is 9. The number of carboxylic acid groups (broad SMARTS) is 1. The van der Waals surface area contributed by atoms with Crippen LogP contribution in [0.15, 0.2) is 36.4 Å². The molecule has 3 N–H and O–H groups in total. The number of carbonyl (C=O) groups is 6. The van der Waals surface area contributed by atoms with E-state index >= 15 is 0 Å². The van der Waals surface area contributed by atoms with Gasteiger partial charge in [0.25, 0.3) is 11.8 Å². The number of benzene rings is 1. The van der Waals surface area contributed by atoms with E-state index in [4.69, 9.17) is 9.47 Å². The Labute approximate surface area is 283 Å². The Balaban J connectivity index is 1.24. The number of hydrogen-bond donors (Lipinski definition) is 3. The average molecular weight is 682 g/mol. The zero-order chi connectivity index (χ0) is 34.9. The number of likely N-dealkylation sites (tertiary alicyclic amines) is 1. The zero-order valence-corrected chi connectivity index (χ0v) is 27.5. The highest BCUT2D eigenvalue weighted by molar-refractivity contribution is 5.96. The molecule has 5 amide bonds. The molecule has 2 aliphatic heterocycles. The smallest absolute Gasteiger partial charge is 0.409 e. The average Bonchev–Trinajstić information content (AvgIpc) is 3.76. The van der Waals surface area contributed by atoms with Crippen molar-refractivity contribution in [2.75, 3.05) is 52.5 Å². The predicted molar refractivity (Wildman–Crippen MR) is 173 cm³/mol. The Bertz CT molecular complexity index is 1520. The normalized spacial score (nSPS) is 18.3. The molecular weight excluding hydrogens is 638 g/mol. The van der Waals surface area contributed by atoms with E-state index in [2.05, 4.69) is 15.7 Å². The lowest BCUT2D eigenvalue weighted by Crippen LogP contribution is -2.56. The van der Waals surface area contributed by atoms with E-state index in [1.165, 1.54) is 20.5 Å². The molecule has 5 rings (SSSR count). The van der Waals surface area contributed by atoms with Crippen molar-refractivity contribution in [2.45, 2.75) is 57.5 Å². The monoisotopic (exact) mass is 681 g/mol. The molecule has 264 valence electrons. The second-order valence-corrected chi connectivity index (χ2v) is 12.3.